The first-order valence-corrected chi connectivity index (χ1v) is 12.2. The van der Waals surface area contributed by atoms with Crippen LogP contribution in [0.2, 0.25) is 0 Å². The van der Waals surface area contributed by atoms with E-state index in [4.69, 9.17) is 9.47 Å². The van der Waals surface area contributed by atoms with E-state index in [1.165, 1.54) is 6.08 Å². The van der Waals surface area contributed by atoms with Crippen molar-refractivity contribution in [1.82, 2.24) is 0 Å². The van der Waals surface area contributed by atoms with Gasteiger partial charge in [-0.05, 0) is 95.3 Å². The molecule has 0 atom stereocenters. The molecule has 2 aromatic rings. The number of nitriles is 2. The fourth-order valence-electron chi connectivity index (χ4n) is 2.76. The van der Waals surface area contributed by atoms with Crippen LogP contribution in [0.25, 0.3) is 6.08 Å². The number of carbonyl (C=O) groups excluding carboxylic acids is 2. The first kappa shape index (κ1) is 25.3. The standard InChI is InChI=1S/C22H18I2N2O4S/c1-4-29-20-16(23)7-13(8-17(20)24)6-14(10-25)18(27)9-19-15(11-26)12(3)21(31-19)22(28)30-5-2/h6-8H,4-5,9H2,1-3H3. The monoisotopic (exact) mass is 660 g/mol. The molecular weight excluding hydrogens is 642 g/mol. The zero-order chi connectivity index (χ0) is 23.1. The third kappa shape index (κ3) is 6.05. The summed E-state index contributed by atoms with van der Waals surface area (Å²) in [6.07, 6.45) is 1.39. The Bertz CT molecular complexity index is 1120. The van der Waals surface area contributed by atoms with Crippen molar-refractivity contribution in [1.29, 1.82) is 10.5 Å². The van der Waals surface area contributed by atoms with Crippen LogP contribution in [0.15, 0.2) is 17.7 Å². The molecular formula is C22H18I2N2O4S. The summed E-state index contributed by atoms with van der Waals surface area (Å²) < 4.78 is 12.4. The Hall–Kier alpha value is -1.96. The highest BCUT2D eigenvalue weighted by molar-refractivity contribution is 14.1. The first-order valence-electron chi connectivity index (χ1n) is 9.23. The van der Waals surface area contributed by atoms with Gasteiger partial charge in [0.25, 0.3) is 0 Å². The second-order valence-corrected chi connectivity index (χ2v) is 9.63. The Morgan fingerprint density at radius 2 is 1.81 bits per heavy atom. The fraction of sp³-hybridized carbons (Fsp3) is 0.273. The number of hydrogen-bond donors (Lipinski definition) is 0. The molecule has 1 heterocycles. The van der Waals surface area contributed by atoms with Crippen LogP contribution in [0.5, 0.6) is 5.75 Å². The molecule has 160 valence electrons. The molecule has 0 aliphatic heterocycles. The summed E-state index contributed by atoms with van der Waals surface area (Å²) in [5.74, 6) is -0.172. The van der Waals surface area contributed by atoms with E-state index in [-0.39, 0.29) is 24.2 Å². The lowest BCUT2D eigenvalue weighted by Crippen LogP contribution is -2.05. The van der Waals surface area contributed by atoms with E-state index >= 15 is 0 Å². The first-order chi connectivity index (χ1) is 14.8. The molecule has 0 saturated heterocycles. The van der Waals surface area contributed by atoms with Crippen LogP contribution >= 0.6 is 56.5 Å². The highest BCUT2D eigenvalue weighted by Gasteiger charge is 2.23. The van der Waals surface area contributed by atoms with Gasteiger partial charge in [-0.1, -0.05) is 0 Å². The summed E-state index contributed by atoms with van der Waals surface area (Å²) in [6, 6.07) is 7.70. The molecule has 0 radical (unpaired) electrons. The lowest BCUT2D eigenvalue weighted by Gasteiger charge is -2.09. The van der Waals surface area contributed by atoms with Gasteiger partial charge in [-0.3, -0.25) is 4.79 Å². The molecule has 0 unspecified atom stereocenters. The van der Waals surface area contributed by atoms with Crippen LogP contribution in [0.3, 0.4) is 0 Å². The third-order valence-electron chi connectivity index (χ3n) is 4.15. The van der Waals surface area contributed by atoms with Gasteiger partial charge in [0.15, 0.2) is 5.78 Å². The Morgan fingerprint density at radius 1 is 1.16 bits per heavy atom. The number of Topliss-reactive ketones (excluding diaryl/α,β-unsaturated/α-hetero) is 1. The number of allylic oxidation sites excluding steroid dienone is 1. The van der Waals surface area contributed by atoms with Crippen molar-refractivity contribution in [2.75, 3.05) is 13.2 Å². The predicted octanol–water partition coefficient (Wildman–Crippen LogP) is 5.43. The van der Waals surface area contributed by atoms with Crippen LogP contribution in [-0.4, -0.2) is 25.0 Å². The van der Waals surface area contributed by atoms with Gasteiger partial charge in [0.05, 0.1) is 31.5 Å². The molecule has 2 rings (SSSR count). The van der Waals surface area contributed by atoms with E-state index in [1.807, 2.05) is 25.1 Å². The summed E-state index contributed by atoms with van der Waals surface area (Å²) in [7, 11) is 0. The Kier molecular flexibility index (Phi) is 9.47. The molecule has 0 spiro atoms. The molecule has 1 aromatic carbocycles. The maximum Gasteiger partial charge on any atom is 0.348 e. The highest BCUT2D eigenvalue weighted by Crippen LogP contribution is 2.31. The Labute approximate surface area is 212 Å². The van der Waals surface area contributed by atoms with E-state index in [9.17, 15) is 20.1 Å². The van der Waals surface area contributed by atoms with Crippen LogP contribution in [0, 0.1) is 36.7 Å². The minimum atomic E-state index is -0.519. The number of esters is 1. The van der Waals surface area contributed by atoms with E-state index in [1.54, 1.807) is 13.8 Å². The SMILES string of the molecule is CCOC(=O)c1sc(CC(=O)C(C#N)=Cc2cc(I)c(OCC)c(I)c2)c(C#N)c1C. The van der Waals surface area contributed by atoms with Gasteiger partial charge in [0.1, 0.15) is 22.8 Å². The van der Waals surface area contributed by atoms with Crippen LogP contribution < -0.4 is 4.74 Å². The minimum Gasteiger partial charge on any atom is -0.492 e. The smallest absolute Gasteiger partial charge is 0.348 e. The molecule has 9 heteroatoms. The lowest BCUT2D eigenvalue weighted by molar-refractivity contribution is -0.114. The highest BCUT2D eigenvalue weighted by atomic mass is 127. The topological polar surface area (TPSA) is 100 Å². The number of halogens is 2. The number of nitrogens with zero attached hydrogens (tertiary/aromatic N) is 2. The molecule has 0 saturated carbocycles. The van der Waals surface area contributed by atoms with Crippen molar-refractivity contribution in [3.63, 3.8) is 0 Å². The summed E-state index contributed by atoms with van der Waals surface area (Å²) in [6.45, 7) is 6.01. The van der Waals surface area contributed by atoms with Gasteiger partial charge in [-0.2, -0.15) is 10.5 Å². The largest absolute Gasteiger partial charge is 0.492 e. The van der Waals surface area contributed by atoms with Gasteiger partial charge in [0.2, 0.25) is 0 Å². The quantitative estimate of drug-likeness (QED) is 0.162. The van der Waals surface area contributed by atoms with E-state index in [2.05, 4.69) is 51.3 Å². The molecule has 0 aliphatic rings. The number of carbonyl (C=O) groups is 2. The summed E-state index contributed by atoms with van der Waals surface area (Å²) in [5, 5.41) is 19.1. The van der Waals surface area contributed by atoms with Crippen molar-refractivity contribution in [3.8, 4) is 17.9 Å². The maximum atomic E-state index is 12.8. The van der Waals surface area contributed by atoms with Crippen molar-refractivity contribution in [2.24, 2.45) is 0 Å². The fourth-order valence-corrected chi connectivity index (χ4v) is 6.04. The average Bonchev–Trinajstić information content (AvgIpc) is 3.04. The van der Waals surface area contributed by atoms with Crippen molar-refractivity contribution < 1.29 is 19.1 Å². The van der Waals surface area contributed by atoms with Gasteiger partial charge < -0.3 is 9.47 Å². The van der Waals surface area contributed by atoms with Gasteiger partial charge >= 0.3 is 5.97 Å². The van der Waals surface area contributed by atoms with Gasteiger partial charge in [0, 0.05) is 11.3 Å². The van der Waals surface area contributed by atoms with Crippen LogP contribution in [0.4, 0.5) is 0 Å². The van der Waals surface area contributed by atoms with Crippen molar-refractivity contribution in [2.45, 2.75) is 27.2 Å². The number of thiophene rings is 1. The van der Waals surface area contributed by atoms with E-state index < -0.39 is 11.8 Å². The lowest BCUT2D eigenvalue weighted by atomic mass is 10.0. The molecule has 6 nitrogen and oxygen atoms in total. The molecule has 0 aliphatic carbocycles. The third-order valence-corrected chi connectivity index (χ3v) is 7.03. The number of hydrogen-bond acceptors (Lipinski definition) is 7. The Morgan fingerprint density at radius 3 is 2.32 bits per heavy atom. The Balaban J connectivity index is 2.37. The van der Waals surface area contributed by atoms with Crippen LogP contribution in [-0.2, 0) is 16.0 Å². The van der Waals surface area contributed by atoms with Crippen molar-refractivity contribution >= 4 is 74.3 Å². The van der Waals surface area contributed by atoms with Gasteiger partial charge in [-0.25, -0.2) is 4.79 Å². The molecule has 0 fully saturated rings. The summed E-state index contributed by atoms with van der Waals surface area (Å²) in [4.78, 5) is 25.7. The predicted molar refractivity (Wildman–Crippen MR) is 135 cm³/mol. The molecule has 0 amide bonds. The molecule has 31 heavy (non-hydrogen) atoms. The van der Waals surface area contributed by atoms with Gasteiger partial charge in [-0.15, -0.1) is 11.3 Å². The normalized spacial score (nSPS) is 10.9. The number of ketones is 1. The average molecular weight is 660 g/mol. The minimum absolute atomic E-state index is 0.0246. The number of benzene rings is 1. The summed E-state index contributed by atoms with van der Waals surface area (Å²) in [5.41, 5.74) is 1.45. The van der Waals surface area contributed by atoms with Crippen LogP contribution in [0.1, 0.15) is 45.1 Å². The summed E-state index contributed by atoms with van der Waals surface area (Å²) >= 11 is 5.37. The maximum absolute atomic E-state index is 12.8. The zero-order valence-electron chi connectivity index (χ0n) is 17.0. The number of ether oxygens (including phenoxy) is 2. The second kappa shape index (κ2) is 11.6. The number of rotatable bonds is 8. The second-order valence-electron chi connectivity index (χ2n) is 6.20. The molecule has 0 N–H and O–H groups in total. The van der Waals surface area contributed by atoms with Crippen molar-refractivity contribution in [3.05, 3.63) is 51.3 Å². The van der Waals surface area contributed by atoms with E-state index in [0.29, 0.717) is 27.5 Å². The molecule has 1 aromatic heterocycles. The van der Waals surface area contributed by atoms with E-state index in [0.717, 1.165) is 24.2 Å². The molecule has 0 bridgehead atoms. The zero-order valence-corrected chi connectivity index (χ0v) is 22.2.